The molecule has 2 aliphatic heterocycles. The van der Waals surface area contributed by atoms with Crippen molar-refractivity contribution in [1.82, 2.24) is 9.80 Å². The molecule has 0 fully saturated rings. The molecule has 4 rings (SSSR count). The molecule has 36 heavy (non-hydrogen) atoms. The molecule has 0 saturated heterocycles. The Morgan fingerprint density at radius 1 is 0.528 bits per heavy atom. The third-order valence-corrected chi connectivity index (χ3v) is 5.32. The largest absolute Gasteiger partial charge is 0.285 e. The summed E-state index contributed by atoms with van der Waals surface area (Å²) in [6.07, 6.45) is 22.6. The molecule has 0 unspecified atom stereocenters. The number of rotatable bonds is 6. The Bertz CT molecular complexity index is 1270. The predicted molar refractivity (Wildman–Crippen MR) is 142 cm³/mol. The van der Waals surface area contributed by atoms with Crippen molar-refractivity contribution in [2.45, 2.75) is 0 Å². The van der Waals surface area contributed by atoms with Crippen LogP contribution in [0.2, 0.25) is 0 Å². The van der Waals surface area contributed by atoms with Gasteiger partial charge in [0.05, 0.1) is 11.4 Å². The summed E-state index contributed by atoms with van der Waals surface area (Å²) in [6, 6.07) is 18.8. The van der Waals surface area contributed by atoms with Gasteiger partial charge in [0.15, 0.2) is 0 Å². The van der Waals surface area contributed by atoms with E-state index in [2.05, 4.69) is 0 Å². The van der Waals surface area contributed by atoms with Crippen molar-refractivity contribution in [1.29, 1.82) is 0 Å². The maximum Gasteiger partial charge on any atom is 0.255 e. The molecule has 0 bridgehead atoms. The summed E-state index contributed by atoms with van der Waals surface area (Å²) in [7, 11) is 0. The Balaban J connectivity index is 1.60. The second-order valence-corrected chi connectivity index (χ2v) is 7.79. The molecule has 0 saturated carbocycles. The van der Waals surface area contributed by atoms with Gasteiger partial charge in [-0.05, 0) is 47.6 Å². The molecule has 0 radical (unpaired) electrons. The Kier molecular flexibility index (Phi) is 7.97. The lowest BCUT2D eigenvalue weighted by atomic mass is 10.1. The molecule has 0 spiro atoms. The highest BCUT2D eigenvalue weighted by Crippen LogP contribution is 2.21. The standard InChI is InChI=1S/C31H24N2O3/c34-29(21-19-25-13-5-1-6-14-25)32-23-11-3-9-17-27(32)31(36)28-18-10-4-12-24-33(28)30(35)22-20-26-15-7-2-8-16-26/h1-24H/b21-19+,22-20+. The number of Topliss-reactive ketones (excluding diaryl/α,β-unsaturated/α-hetero) is 1. The Hall–Kier alpha value is -5.03. The van der Waals surface area contributed by atoms with Gasteiger partial charge in [-0.25, -0.2) is 0 Å². The first kappa shape index (κ1) is 24.1. The molecule has 2 heterocycles. The van der Waals surface area contributed by atoms with Crippen LogP contribution in [0.4, 0.5) is 0 Å². The van der Waals surface area contributed by atoms with Crippen LogP contribution in [0.1, 0.15) is 11.1 Å². The minimum absolute atomic E-state index is 0.127. The highest BCUT2D eigenvalue weighted by Gasteiger charge is 2.28. The first-order valence-corrected chi connectivity index (χ1v) is 11.4. The molecule has 0 atom stereocenters. The molecule has 2 aliphatic rings. The van der Waals surface area contributed by atoms with E-state index in [1.165, 1.54) is 34.4 Å². The third kappa shape index (κ3) is 6.10. The van der Waals surface area contributed by atoms with Gasteiger partial charge < -0.3 is 0 Å². The molecule has 5 nitrogen and oxygen atoms in total. The van der Waals surface area contributed by atoms with Gasteiger partial charge >= 0.3 is 0 Å². The number of carbonyl (C=O) groups excluding carboxylic acids is 3. The fourth-order valence-corrected chi connectivity index (χ4v) is 3.52. The molecule has 5 heteroatoms. The van der Waals surface area contributed by atoms with Crippen LogP contribution in [0, 0.1) is 0 Å². The molecule has 0 N–H and O–H groups in total. The van der Waals surface area contributed by atoms with E-state index in [4.69, 9.17) is 0 Å². The first-order chi connectivity index (χ1) is 17.6. The predicted octanol–water partition coefficient (Wildman–Crippen LogP) is 5.57. The molecule has 0 aliphatic carbocycles. The van der Waals surface area contributed by atoms with Gasteiger partial charge in [-0.2, -0.15) is 0 Å². The second kappa shape index (κ2) is 11.9. The fraction of sp³-hybridized carbons (Fsp3) is 0. The minimum Gasteiger partial charge on any atom is -0.285 e. The van der Waals surface area contributed by atoms with E-state index in [0.717, 1.165) is 11.1 Å². The number of hydrogen-bond acceptors (Lipinski definition) is 3. The molecule has 2 amide bonds. The summed E-state index contributed by atoms with van der Waals surface area (Å²) in [5.41, 5.74) is 1.98. The second-order valence-electron chi connectivity index (χ2n) is 7.79. The lowest BCUT2D eigenvalue weighted by molar-refractivity contribution is -0.127. The quantitative estimate of drug-likeness (QED) is 0.516. The summed E-state index contributed by atoms with van der Waals surface area (Å²) in [5.74, 6) is -1.24. The van der Waals surface area contributed by atoms with Crippen LogP contribution in [0.15, 0.2) is 145 Å². The zero-order chi connectivity index (χ0) is 25.2. The van der Waals surface area contributed by atoms with Gasteiger partial charge in [0, 0.05) is 24.6 Å². The number of amides is 2. The van der Waals surface area contributed by atoms with Crippen LogP contribution in [0.3, 0.4) is 0 Å². The fourth-order valence-electron chi connectivity index (χ4n) is 3.52. The van der Waals surface area contributed by atoms with E-state index in [0.29, 0.717) is 0 Å². The van der Waals surface area contributed by atoms with Crippen molar-refractivity contribution >= 4 is 29.7 Å². The molecule has 2 aromatic carbocycles. The number of allylic oxidation sites excluding steroid dienone is 8. The zero-order valence-electron chi connectivity index (χ0n) is 19.5. The summed E-state index contributed by atoms with van der Waals surface area (Å²) in [6.45, 7) is 0. The minimum atomic E-state index is -0.467. The summed E-state index contributed by atoms with van der Waals surface area (Å²) < 4.78 is 0. The van der Waals surface area contributed by atoms with Crippen LogP contribution in [-0.2, 0) is 14.4 Å². The van der Waals surface area contributed by atoms with Crippen LogP contribution in [0.5, 0.6) is 0 Å². The number of nitrogens with zero attached hydrogens (tertiary/aromatic N) is 2. The normalized spacial score (nSPS) is 15.1. The maximum absolute atomic E-state index is 13.7. The SMILES string of the molecule is O=C(C1=CC=CC=CN1C(=O)/C=C/c1ccccc1)C1=CC=CC=CN1C(=O)/C=C/c1ccccc1. The van der Waals surface area contributed by atoms with E-state index in [9.17, 15) is 14.4 Å². The van der Waals surface area contributed by atoms with Gasteiger partial charge in [-0.3, -0.25) is 24.2 Å². The molecular weight excluding hydrogens is 448 g/mol. The highest BCUT2D eigenvalue weighted by molar-refractivity contribution is 6.14. The average molecular weight is 473 g/mol. The lowest BCUT2D eigenvalue weighted by Gasteiger charge is -2.24. The molecule has 2 aromatic rings. The Morgan fingerprint density at radius 3 is 1.36 bits per heavy atom. The number of carbonyl (C=O) groups is 3. The highest BCUT2D eigenvalue weighted by atomic mass is 16.2. The first-order valence-electron chi connectivity index (χ1n) is 11.4. The van der Waals surface area contributed by atoms with Crippen molar-refractivity contribution in [2.75, 3.05) is 0 Å². The average Bonchev–Trinajstić information content (AvgIpc) is 3.33. The number of ketones is 1. The number of benzene rings is 2. The van der Waals surface area contributed by atoms with Crippen LogP contribution in [0.25, 0.3) is 12.2 Å². The molecule has 0 aromatic heterocycles. The molecular formula is C31H24N2O3. The van der Waals surface area contributed by atoms with Crippen LogP contribution < -0.4 is 0 Å². The van der Waals surface area contributed by atoms with E-state index in [1.54, 1.807) is 60.8 Å². The van der Waals surface area contributed by atoms with Gasteiger partial charge in [0.1, 0.15) is 0 Å². The molecule has 176 valence electrons. The van der Waals surface area contributed by atoms with Gasteiger partial charge in [-0.15, -0.1) is 0 Å². The van der Waals surface area contributed by atoms with Crippen molar-refractivity contribution in [2.24, 2.45) is 0 Å². The monoisotopic (exact) mass is 472 g/mol. The summed E-state index contributed by atoms with van der Waals surface area (Å²) >= 11 is 0. The Morgan fingerprint density at radius 2 is 0.944 bits per heavy atom. The van der Waals surface area contributed by atoms with Crippen molar-refractivity contribution in [3.63, 3.8) is 0 Å². The van der Waals surface area contributed by atoms with E-state index in [1.807, 2.05) is 60.7 Å². The van der Waals surface area contributed by atoms with Crippen LogP contribution >= 0.6 is 0 Å². The maximum atomic E-state index is 13.7. The van der Waals surface area contributed by atoms with E-state index >= 15 is 0 Å². The third-order valence-electron chi connectivity index (χ3n) is 5.32. The smallest absolute Gasteiger partial charge is 0.255 e. The van der Waals surface area contributed by atoms with E-state index < -0.39 is 5.78 Å². The van der Waals surface area contributed by atoms with Crippen molar-refractivity contribution in [3.8, 4) is 0 Å². The summed E-state index contributed by atoms with van der Waals surface area (Å²) in [4.78, 5) is 42.5. The van der Waals surface area contributed by atoms with Gasteiger partial charge in [-0.1, -0.05) is 85.0 Å². The zero-order valence-corrected chi connectivity index (χ0v) is 19.5. The van der Waals surface area contributed by atoms with Gasteiger partial charge in [0.25, 0.3) is 11.8 Å². The number of hydrogen-bond donors (Lipinski definition) is 0. The van der Waals surface area contributed by atoms with Crippen molar-refractivity contribution in [3.05, 3.63) is 156 Å². The summed E-state index contributed by atoms with van der Waals surface area (Å²) in [5, 5.41) is 0. The lowest BCUT2D eigenvalue weighted by Crippen LogP contribution is -2.34. The van der Waals surface area contributed by atoms with Crippen LogP contribution in [-0.4, -0.2) is 27.4 Å². The van der Waals surface area contributed by atoms with Crippen molar-refractivity contribution < 1.29 is 14.4 Å². The Labute approximate surface area is 210 Å². The topological polar surface area (TPSA) is 57.7 Å². The van der Waals surface area contributed by atoms with Gasteiger partial charge in [0.2, 0.25) is 5.78 Å². The van der Waals surface area contributed by atoms with E-state index in [-0.39, 0.29) is 23.2 Å².